The highest BCUT2D eigenvalue weighted by molar-refractivity contribution is 5.02. The summed E-state index contributed by atoms with van der Waals surface area (Å²) in [5.41, 5.74) is 7.78. The van der Waals surface area contributed by atoms with E-state index in [1.165, 1.54) is 37.8 Å². The summed E-state index contributed by atoms with van der Waals surface area (Å²) in [6.07, 6.45) is 9.31. The number of aromatic nitrogens is 2. The zero-order chi connectivity index (χ0) is 15.3. The van der Waals surface area contributed by atoms with Gasteiger partial charge in [0.15, 0.2) is 0 Å². The summed E-state index contributed by atoms with van der Waals surface area (Å²) in [6, 6.07) is 2.13. The van der Waals surface area contributed by atoms with Crippen LogP contribution < -0.4 is 5.73 Å². The van der Waals surface area contributed by atoms with Gasteiger partial charge in [0.25, 0.3) is 0 Å². The standard InChI is InChI=1S/C17H32N4/c1-4-12-21(13-8-16-7-11-19-20(16)3)17(14-18)9-5-15(2)6-10-17/h7,11,15H,4-6,8-10,12-14,18H2,1-3H3. The molecule has 2 N–H and O–H groups in total. The Kier molecular flexibility index (Phi) is 5.82. The fourth-order valence-electron chi connectivity index (χ4n) is 3.70. The Bertz CT molecular complexity index is 418. The summed E-state index contributed by atoms with van der Waals surface area (Å²) in [5.74, 6) is 0.866. The van der Waals surface area contributed by atoms with Gasteiger partial charge in [0, 0.05) is 44.0 Å². The number of nitrogens with two attached hydrogens (primary N) is 1. The SMILES string of the molecule is CCCN(CCc1ccnn1C)C1(CN)CCC(C)CC1. The van der Waals surface area contributed by atoms with Crippen molar-refractivity contribution in [2.75, 3.05) is 19.6 Å². The molecule has 0 bridgehead atoms. The minimum absolute atomic E-state index is 0.237. The quantitative estimate of drug-likeness (QED) is 0.840. The van der Waals surface area contributed by atoms with Crippen LogP contribution in [0.1, 0.15) is 51.6 Å². The van der Waals surface area contributed by atoms with Crippen molar-refractivity contribution in [1.29, 1.82) is 0 Å². The topological polar surface area (TPSA) is 47.1 Å². The summed E-state index contributed by atoms with van der Waals surface area (Å²) in [4.78, 5) is 2.67. The van der Waals surface area contributed by atoms with Crippen LogP contribution in [0, 0.1) is 5.92 Å². The molecule has 1 saturated carbocycles. The first-order valence-electron chi connectivity index (χ1n) is 8.53. The predicted octanol–water partition coefficient (Wildman–Crippen LogP) is 2.58. The molecule has 0 aliphatic heterocycles. The third-order valence-electron chi connectivity index (χ3n) is 5.31. The zero-order valence-electron chi connectivity index (χ0n) is 14.0. The molecule has 21 heavy (non-hydrogen) atoms. The average Bonchev–Trinajstić information content (AvgIpc) is 2.90. The molecule has 120 valence electrons. The maximum atomic E-state index is 6.23. The molecule has 0 unspecified atom stereocenters. The van der Waals surface area contributed by atoms with Crippen LogP contribution in [0.4, 0.5) is 0 Å². The molecule has 2 rings (SSSR count). The predicted molar refractivity (Wildman–Crippen MR) is 88.2 cm³/mol. The van der Waals surface area contributed by atoms with Crippen LogP contribution in [0.15, 0.2) is 12.3 Å². The van der Waals surface area contributed by atoms with Gasteiger partial charge in [-0.3, -0.25) is 9.58 Å². The number of nitrogens with zero attached hydrogens (tertiary/aromatic N) is 3. The Labute approximate surface area is 129 Å². The van der Waals surface area contributed by atoms with Crippen molar-refractivity contribution in [3.8, 4) is 0 Å². The highest BCUT2D eigenvalue weighted by Gasteiger charge is 2.37. The molecular formula is C17H32N4. The second kappa shape index (κ2) is 7.41. The van der Waals surface area contributed by atoms with Gasteiger partial charge in [0.05, 0.1) is 0 Å². The molecule has 0 aromatic carbocycles. The van der Waals surface area contributed by atoms with E-state index in [-0.39, 0.29) is 5.54 Å². The molecule has 0 saturated heterocycles. The molecule has 0 atom stereocenters. The molecule has 1 fully saturated rings. The van der Waals surface area contributed by atoms with Crippen LogP contribution >= 0.6 is 0 Å². The number of rotatable bonds is 7. The third-order valence-corrected chi connectivity index (χ3v) is 5.31. The summed E-state index contributed by atoms with van der Waals surface area (Å²) >= 11 is 0. The lowest BCUT2D eigenvalue weighted by Gasteiger charge is -2.47. The fourth-order valence-corrected chi connectivity index (χ4v) is 3.70. The first-order chi connectivity index (χ1) is 10.1. The molecule has 1 aliphatic carbocycles. The Hall–Kier alpha value is -0.870. The van der Waals surface area contributed by atoms with Crippen molar-refractivity contribution in [1.82, 2.24) is 14.7 Å². The largest absolute Gasteiger partial charge is 0.329 e. The molecule has 0 spiro atoms. The van der Waals surface area contributed by atoms with Gasteiger partial charge in [-0.15, -0.1) is 0 Å². The van der Waals surface area contributed by atoms with Crippen LogP contribution in [-0.2, 0) is 13.5 Å². The first-order valence-corrected chi connectivity index (χ1v) is 8.53. The van der Waals surface area contributed by atoms with E-state index in [4.69, 9.17) is 5.73 Å². The number of hydrogen-bond acceptors (Lipinski definition) is 3. The molecule has 1 heterocycles. The van der Waals surface area contributed by atoms with E-state index in [9.17, 15) is 0 Å². The van der Waals surface area contributed by atoms with Crippen LogP contribution in [0.2, 0.25) is 0 Å². The summed E-state index contributed by atoms with van der Waals surface area (Å²) in [5, 5.41) is 4.27. The Morgan fingerprint density at radius 3 is 2.62 bits per heavy atom. The summed E-state index contributed by atoms with van der Waals surface area (Å²) in [6.45, 7) is 7.69. The van der Waals surface area contributed by atoms with E-state index in [2.05, 4.69) is 29.9 Å². The molecule has 1 aromatic heterocycles. The number of aryl methyl sites for hydroxylation is 1. The van der Waals surface area contributed by atoms with Crippen molar-refractivity contribution in [2.24, 2.45) is 18.7 Å². The minimum atomic E-state index is 0.237. The minimum Gasteiger partial charge on any atom is -0.329 e. The van der Waals surface area contributed by atoms with Crippen molar-refractivity contribution in [2.45, 2.75) is 57.9 Å². The smallest absolute Gasteiger partial charge is 0.0492 e. The van der Waals surface area contributed by atoms with Crippen LogP contribution in [-0.4, -0.2) is 39.9 Å². The van der Waals surface area contributed by atoms with Gasteiger partial charge in [-0.2, -0.15) is 5.10 Å². The van der Waals surface area contributed by atoms with Crippen LogP contribution in [0.3, 0.4) is 0 Å². The van der Waals surface area contributed by atoms with Crippen molar-refractivity contribution in [3.63, 3.8) is 0 Å². The fraction of sp³-hybridized carbons (Fsp3) is 0.824. The van der Waals surface area contributed by atoms with Crippen molar-refractivity contribution in [3.05, 3.63) is 18.0 Å². The van der Waals surface area contributed by atoms with Crippen molar-refractivity contribution < 1.29 is 0 Å². The van der Waals surface area contributed by atoms with Gasteiger partial charge in [-0.25, -0.2) is 0 Å². The lowest BCUT2D eigenvalue weighted by molar-refractivity contribution is 0.0450. The molecule has 0 radical (unpaired) electrons. The van der Waals surface area contributed by atoms with Gasteiger partial charge >= 0.3 is 0 Å². The van der Waals surface area contributed by atoms with Gasteiger partial charge in [-0.1, -0.05) is 13.8 Å². The highest BCUT2D eigenvalue weighted by Crippen LogP contribution is 2.36. The van der Waals surface area contributed by atoms with Gasteiger partial charge in [-0.05, 0) is 50.6 Å². The maximum absolute atomic E-state index is 6.23. The Balaban J connectivity index is 2.04. The molecule has 1 aromatic rings. The molecule has 1 aliphatic rings. The number of hydrogen-bond donors (Lipinski definition) is 1. The van der Waals surface area contributed by atoms with E-state index >= 15 is 0 Å². The van der Waals surface area contributed by atoms with E-state index in [1.54, 1.807) is 0 Å². The van der Waals surface area contributed by atoms with Crippen molar-refractivity contribution >= 4 is 0 Å². The molecule has 0 amide bonds. The van der Waals surface area contributed by atoms with Gasteiger partial charge < -0.3 is 5.73 Å². The second-order valence-electron chi connectivity index (χ2n) is 6.79. The zero-order valence-corrected chi connectivity index (χ0v) is 14.0. The lowest BCUT2D eigenvalue weighted by Crippen LogP contribution is -2.56. The van der Waals surface area contributed by atoms with E-state index in [0.717, 1.165) is 32.0 Å². The highest BCUT2D eigenvalue weighted by atomic mass is 15.3. The normalized spacial score (nSPS) is 26.4. The van der Waals surface area contributed by atoms with Crippen LogP contribution in [0.5, 0.6) is 0 Å². The van der Waals surface area contributed by atoms with Gasteiger partial charge in [0.1, 0.15) is 0 Å². The maximum Gasteiger partial charge on any atom is 0.0492 e. The Morgan fingerprint density at radius 1 is 1.38 bits per heavy atom. The summed E-state index contributed by atoms with van der Waals surface area (Å²) in [7, 11) is 2.03. The Morgan fingerprint density at radius 2 is 2.10 bits per heavy atom. The monoisotopic (exact) mass is 292 g/mol. The average molecular weight is 292 g/mol. The second-order valence-corrected chi connectivity index (χ2v) is 6.79. The van der Waals surface area contributed by atoms with E-state index in [1.807, 2.05) is 17.9 Å². The first kappa shape index (κ1) is 16.5. The van der Waals surface area contributed by atoms with E-state index in [0.29, 0.717) is 0 Å². The van der Waals surface area contributed by atoms with Gasteiger partial charge in [0.2, 0.25) is 0 Å². The molecule has 4 nitrogen and oxygen atoms in total. The van der Waals surface area contributed by atoms with E-state index < -0.39 is 0 Å². The summed E-state index contributed by atoms with van der Waals surface area (Å²) < 4.78 is 1.99. The molecular weight excluding hydrogens is 260 g/mol. The molecule has 4 heteroatoms. The lowest BCUT2D eigenvalue weighted by atomic mass is 9.75. The third kappa shape index (κ3) is 3.86. The van der Waals surface area contributed by atoms with Crippen LogP contribution in [0.25, 0.3) is 0 Å².